The van der Waals surface area contributed by atoms with Gasteiger partial charge in [0.15, 0.2) is 12.1 Å². The number of rotatable bonds is 13. The van der Waals surface area contributed by atoms with Gasteiger partial charge in [0, 0.05) is 33.1 Å². The fourth-order valence-electron chi connectivity index (χ4n) is 4.80. The smallest absolute Gasteiger partial charge is 0.169 e. The lowest BCUT2D eigenvalue weighted by molar-refractivity contribution is -0.100. The molecule has 4 rings (SSSR count). The van der Waals surface area contributed by atoms with Crippen LogP contribution < -0.4 is 9.47 Å². The van der Waals surface area contributed by atoms with Crippen LogP contribution >= 0.6 is 0 Å². The van der Waals surface area contributed by atoms with E-state index in [1.807, 2.05) is 72.8 Å². The second-order valence-corrected chi connectivity index (χ2v) is 9.74. The first kappa shape index (κ1) is 27.8. The molecule has 3 aromatic carbocycles. The summed E-state index contributed by atoms with van der Waals surface area (Å²) in [7, 11) is 3.19. The Morgan fingerprint density at radius 2 is 1.53 bits per heavy atom. The summed E-state index contributed by atoms with van der Waals surface area (Å²) >= 11 is 0. The Morgan fingerprint density at radius 3 is 2.13 bits per heavy atom. The summed E-state index contributed by atoms with van der Waals surface area (Å²) in [4.78, 5) is 13.8. The van der Waals surface area contributed by atoms with Crippen molar-refractivity contribution in [2.24, 2.45) is 0 Å². The van der Waals surface area contributed by atoms with E-state index in [0.717, 1.165) is 36.0 Å². The maximum Gasteiger partial charge on any atom is 0.169 e. The van der Waals surface area contributed by atoms with Gasteiger partial charge in [0.25, 0.3) is 0 Å². The molecule has 6 nitrogen and oxygen atoms in total. The van der Waals surface area contributed by atoms with E-state index in [0.29, 0.717) is 43.1 Å². The van der Waals surface area contributed by atoms with E-state index in [4.69, 9.17) is 23.7 Å². The van der Waals surface area contributed by atoms with Gasteiger partial charge >= 0.3 is 0 Å². The molecule has 202 valence electrons. The molecule has 0 spiro atoms. The molecule has 1 heterocycles. The van der Waals surface area contributed by atoms with Crippen LogP contribution in [0.4, 0.5) is 0 Å². The van der Waals surface area contributed by atoms with Gasteiger partial charge < -0.3 is 23.7 Å². The molecule has 3 aromatic rings. The van der Waals surface area contributed by atoms with Gasteiger partial charge in [-0.25, -0.2) is 0 Å². The zero-order valence-corrected chi connectivity index (χ0v) is 22.6. The number of methoxy groups -OCH3 is 2. The third-order valence-electron chi connectivity index (χ3n) is 6.81. The zero-order chi connectivity index (χ0) is 26.7. The maximum atomic E-state index is 13.8. The lowest BCUT2D eigenvalue weighted by Crippen LogP contribution is -2.28. The minimum atomic E-state index is -0.515. The molecule has 0 amide bonds. The van der Waals surface area contributed by atoms with Crippen molar-refractivity contribution in [1.82, 2.24) is 0 Å². The van der Waals surface area contributed by atoms with Gasteiger partial charge in [-0.3, -0.25) is 4.79 Å². The Balaban J connectivity index is 1.67. The Kier molecular flexibility index (Phi) is 10.3. The van der Waals surface area contributed by atoms with Crippen LogP contribution in [0.3, 0.4) is 0 Å². The second kappa shape index (κ2) is 14.1. The summed E-state index contributed by atoms with van der Waals surface area (Å²) < 4.78 is 29.6. The van der Waals surface area contributed by atoms with Gasteiger partial charge in [0.05, 0.1) is 17.8 Å². The molecular weight excluding hydrogens is 480 g/mol. The van der Waals surface area contributed by atoms with Crippen LogP contribution in [0.2, 0.25) is 0 Å². The molecule has 38 heavy (non-hydrogen) atoms. The SMILES string of the molecule is COC(Cc1cc(OCc2ccccc2)cc(OCc2ccccc2)c1C(=O)C[C@H]1CCC[C@@H](C)O1)OC. The van der Waals surface area contributed by atoms with E-state index in [1.54, 1.807) is 14.2 Å². The average Bonchev–Trinajstić information content (AvgIpc) is 2.94. The Hall–Kier alpha value is -3.19. The number of carbonyl (C=O) groups excluding carboxylic acids is 1. The van der Waals surface area contributed by atoms with Crippen LogP contribution in [0.25, 0.3) is 0 Å². The fraction of sp³-hybridized carbons (Fsp3) is 0.406. The molecule has 0 unspecified atom stereocenters. The molecular formula is C32H38O6. The normalized spacial score (nSPS) is 17.4. The first-order valence-electron chi connectivity index (χ1n) is 13.3. The highest BCUT2D eigenvalue weighted by molar-refractivity contribution is 6.00. The highest BCUT2D eigenvalue weighted by atomic mass is 16.7. The summed E-state index contributed by atoms with van der Waals surface area (Å²) in [5.74, 6) is 1.11. The molecule has 0 radical (unpaired) electrons. The molecule has 1 fully saturated rings. The van der Waals surface area contributed by atoms with Gasteiger partial charge in [0.2, 0.25) is 0 Å². The minimum absolute atomic E-state index is 0.0114. The van der Waals surface area contributed by atoms with Crippen molar-refractivity contribution in [2.45, 2.75) is 70.7 Å². The molecule has 0 aliphatic carbocycles. The summed E-state index contributed by atoms with van der Waals surface area (Å²) in [6.07, 6.45) is 3.18. The first-order valence-corrected chi connectivity index (χ1v) is 13.3. The lowest BCUT2D eigenvalue weighted by Gasteiger charge is -2.28. The quantitative estimate of drug-likeness (QED) is 0.189. The largest absolute Gasteiger partial charge is 0.489 e. The number of hydrogen-bond acceptors (Lipinski definition) is 6. The monoisotopic (exact) mass is 518 g/mol. The van der Waals surface area contributed by atoms with Crippen molar-refractivity contribution >= 4 is 5.78 Å². The topological polar surface area (TPSA) is 63.2 Å². The highest BCUT2D eigenvalue weighted by Crippen LogP contribution is 2.34. The number of carbonyl (C=O) groups is 1. The third-order valence-corrected chi connectivity index (χ3v) is 6.81. The molecule has 0 saturated carbocycles. The second-order valence-electron chi connectivity index (χ2n) is 9.74. The van der Waals surface area contributed by atoms with Crippen molar-refractivity contribution in [3.63, 3.8) is 0 Å². The van der Waals surface area contributed by atoms with Gasteiger partial charge in [0.1, 0.15) is 24.7 Å². The van der Waals surface area contributed by atoms with Crippen LogP contribution in [0.1, 0.15) is 59.7 Å². The van der Waals surface area contributed by atoms with Crippen molar-refractivity contribution < 1.29 is 28.5 Å². The van der Waals surface area contributed by atoms with E-state index < -0.39 is 6.29 Å². The molecule has 0 aromatic heterocycles. The molecule has 1 aliphatic heterocycles. The Morgan fingerprint density at radius 1 is 0.895 bits per heavy atom. The van der Waals surface area contributed by atoms with Gasteiger partial charge in [-0.05, 0) is 48.9 Å². The molecule has 0 bridgehead atoms. The van der Waals surface area contributed by atoms with E-state index in [1.165, 1.54) is 0 Å². The van der Waals surface area contributed by atoms with Crippen LogP contribution in [-0.4, -0.2) is 38.5 Å². The van der Waals surface area contributed by atoms with Gasteiger partial charge in [-0.2, -0.15) is 0 Å². The summed E-state index contributed by atoms with van der Waals surface area (Å²) in [5, 5.41) is 0. The molecule has 0 N–H and O–H groups in total. The van der Waals surface area contributed by atoms with E-state index in [-0.39, 0.29) is 18.0 Å². The molecule has 1 saturated heterocycles. The third kappa shape index (κ3) is 7.90. The number of hydrogen-bond donors (Lipinski definition) is 0. The van der Waals surface area contributed by atoms with Gasteiger partial charge in [-0.15, -0.1) is 0 Å². The predicted octanol–water partition coefficient (Wildman–Crippen LogP) is 6.54. The van der Waals surface area contributed by atoms with Crippen LogP contribution in [0.15, 0.2) is 72.8 Å². The molecule has 1 aliphatic rings. The molecule has 2 atom stereocenters. The number of ketones is 1. The summed E-state index contributed by atoms with van der Waals surface area (Å²) in [5.41, 5.74) is 3.37. The van der Waals surface area contributed by atoms with Crippen molar-refractivity contribution in [2.75, 3.05) is 14.2 Å². The number of ether oxygens (including phenoxy) is 5. The Bertz CT molecular complexity index is 1140. The van der Waals surface area contributed by atoms with Crippen molar-refractivity contribution in [3.8, 4) is 11.5 Å². The van der Waals surface area contributed by atoms with Crippen molar-refractivity contribution in [3.05, 3.63) is 95.1 Å². The van der Waals surface area contributed by atoms with Crippen molar-refractivity contribution in [1.29, 1.82) is 0 Å². The lowest BCUT2D eigenvalue weighted by atomic mass is 9.93. The average molecular weight is 519 g/mol. The fourth-order valence-corrected chi connectivity index (χ4v) is 4.80. The molecule has 6 heteroatoms. The Labute approximate surface area is 225 Å². The standard InChI is InChI=1S/C32H38O6/c1-23-11-10-16-27(38-23)19-29(33)32-26(18-31(34-2)35-3)17-28(36-21-24-12-6-4-7-13-24)20-30(32)37-22-25-14-8-5-9-15-25/h4-9,12-15,17,20,23,27,31H,10-11,16,18-19,21-22H2,1-3H3/t23-,27-/m1/s1. The van der Waals surface area contributed by atoms with E-state index >= 15 is 0 Å². The van der Waals surface area contributed by atoms with Gasteiger partial charge in [-0.1, -0.05) is 60.7 Å². The number of benzene rings is 3. The predicted molar refractivity (Wildman–Crippen MR) is 147 cm³/mol. The van der Waals surface area contributed by atoms with E-state index in [2.05, 4.69) is 6.92 Å². The van der Waals surface area contributed by atoms with Crippen LogP contribution in [0, 0.1) is 0 Å². The zero-order valence-electron chi connectivity index (χ0n) is 22.6. The summed E-state index contributed by atoms with van der Waals surface area (Å²) in [6.45, 7) is 2.80. The number of Topliss-reactive ketones (excluding diaryl/α,β-unsaturated/α-hetero) is 1. The maximum absolute atomic E-state index is 13.8. The van der Waals surface area contributed by atoms with Crippen LogP contribution in [0.5, 0.6) is 11.5 Å². The first-order chi connectivity index (χ1) is 18.6. The van der Waals surface area contributed by atoms with Crippen LogP contribution in [-0.2, 0) is 33.8 Å². The highest BCUT2D eigenvalue weighted by Gasteiger charge is 2.27. The summed E-state index contributed by atoms with van der Waals surface area (Å²) in [6, 6.07) is 23.6. The van der Waals surface area contributed by atoms with E-state index in [9.17, 15) is 4.79 Å². The minimum Gasteiger partial charge on any atom is -0.489 e.